The van der Waals surface area contributed by atoms with Crippen molar-refractivity contribution in [3.63, 3.8) is 0 Å². The second-order valence-electron chi connectivity index (χ2n) is 2.92. The predicted molar refractivity (Wildman–Crippen MR) is 54.7 cm³/mol. The standard InChI is InChI=1S/C9H5ClFNO2S/c10-15(13,14)7-4-6-2-1-3-8(11)9(6)12-5-7/h1-5H. The maximum atomic E-state index is 13.2. The average Bonchev–Trinajstić information content (AvgIpc) is 2.16. The predicted octanol–water partition coefficient (Wildman–Crippen LogP) is 2.30. The highest BCUT2D eigenvalue weighted by atomic mass is 35.7. The summed E-state index contributed by atoms with van der Waals surface area (Å²) in [5, 5.41) is 0.400. The van der Waals surface area contributed by atoms with Gasteiger partial charge in [-0.25, -0.2) is 12.8 Å². The molecule has 0 fully saturated rings. The van der Waals surface area contributed by atoms with Crippen LogP contribution < -0.4 is 0 Å². The first-order valence-electron chi connectivity index (χ1n) is 3.97. The smallest absolute Gasteiger partial charge is 0.252 e. The Labute approximate surface area is 89.9 Å². The lowest BCUT2D eigenvalue weighted by atomic mass is 10.2. The monoisotopic (exact) mass is 245 g/mol. The van der Waals surface area contributed by atoms with Gasteiger partial charge >= 0.3 is 0 Å². The van der Waals surface area contributed by atoms with Crippen molar-refractivity contribution < 1.29 is 12.8 Å². The SMILES string of the molecule is O=S(=O)(Cl)c1cnc2c(F)cccc2c1. The molecule has 0 unspecified atom stereocenters. The lowest BCUT2D eigenvalue weighted by molar-refractivity contribution is 0.609. The van der Waals surface area contributed by atoms with Crippen LogP contribution in [0.1, 0.15) is 0 Å². The molecule has 0 saturated heterocycles. The lowest BCUT2D eigenvalue weighted by Gasteiger charge is -2.00. The molecule has 0 atom stereocenters. The molecule has 0 N–H and O–H groups in total. The number of nitrogens with zero attached hydrogens (tertiary/aromatic N) is 1. The van der Waals surface area contributed by atoms with Crippen molar-refractivity contribution in [2.45, 2.75) is 4.90 Å². The van der Waals surface area contributed by atoms with Crippen molar-refractivity contribution in [1.29, 1.82) is 0 Å². The van der Waals surface area contributed by atoms with Crippen LogP contribution in [-0.2, 0) is 9.05 Å². The molecule has 2 rings (SSSR count). The second kappa shape index (κ2) is 3.43. The molecule has 0 aliphatic rings. The zero-order valence-electron chi connectivity index (χ0n) is 7.31. The minimum absolute atomic E-state index is 0.126. The number of fused-ring (bicyclic) bond motifs is 1. The van der Waals surface area contributed by atoms with Gasteiger partial charge in [0.05, 0.1) is 0 Å². The third kappa shape index (κ3) is 1.93. The van der Waals surface area contributed by atoms with Gasteiger partial charge in [-0.1, -0.05) is 12.1 Å². The average molecular weight is 246 g/mol. The molecule has 1 heterocycles. The van der Waals surface area contributed by atoms with Crippen LogP contribution in [0.5, 0.6) is 0 Å². The topological polar surface area (TPSA) is 47.0 Å². The van der Waals surface area contributed by atoms with Crippen LogP contribution in [-0.4, -0.2) is 13.4 Å². The van der Waals surface area contributed by atoms with E-state index in [2.05, 4.69) is 4.98 Å². The Morgan fingerprint density at radius 3 is 2.73 bits per heavy atom. The van der Waals surface area contributed by atoms with E-state index in [0.29, 0.717) is 5.39 Å². The Morgan fingerprint density at radius 2 is 2.07 bits per heavy atom. The van der Waals surface area contributed by atoms with Crippen LogP contribution in [0.25, 0.3) is 10.9 Å². The van der Waals surface area contributed by atoms with E-state index in [4.69, 9.17) is 10.7 Å². The molecule has 0 aliphatic heterocycles. The summed E-state index contributed by atoms with van der Waals surface area (Å²) in [6.45, 7) is 0. The van der Waals surface area contributed by atoms with Crippen molar-refractivity contribution in [1.82, 2.24) is 4.98 Å². The van der Waals surface area contributed by atoms with Crippen LogP contribution in [0.2, 0.25) is 0 Å². The molecule has 0 radical (unpaired) electrons. The molecule has 0 saturated carbocycles. The Balaban J connectivity index is 2.79. The van der Waals surface area contributed by atoms with Crippen molar-refractivity contribution in [3.8, 4) is 0 Å². The van der Waals surface area contributed by atoms with E-state index in [1.165, 1.54) is 18.2 Å². The minimum Gasteiger partial charge on any atom is -0.252 e. The van der Waals surface area contributed by atoms with E-state index in [-0.39, 0.29) is 10.4 Å². The highest BCUT2D eigenvalue weighted by Gasteiger charge is 2.12. The first kappa shape index (κ1) is 10.3. The number of hydrogen-bond acceptors (Lipinski definition) is 3. The van der Waals surface area contributed by atoms with Gasteiger partial charge in [0.1, 0.15) is 16.2 Å². The Morgan fingerprint density at radius 1 is 1.33 bits per heavy atom. The third-order valence-electron chi connectivity index (χ3n) is 1.92. The van der Waals surface area contributed by atoms with Crippen molar-refractivity contribution in [2.24, 2.45) is 0 Å². The van der Waals surface area contributed by atoms with Gasteiger partial charge in [0.25, 0.3) is 9.05 Å². The molecule has 0 bridgehead atoms. The fourth-order valence-corrected chi connectivity index (χ4v) is 1.94. The number of hydrogen-bond donors (Lipinski definition) is 0. The largest absolute Gasteiger partial charge is 0.262 e. The van der Waals surface area contributed by atoms with Gasteiger partial charge in [0.15, 0.2) is 0 Å². The van der Waals surface area contributed by atoms with Crippen molar-refractivity contribution in [3.05, 3.63) is 36.3 Å². The minimum atomic E-state index is -3.82. The Hall–Kier alpha value is -1.20. The van der Waals surface area contributed by atoms with Gasteiger partial charge < -0.3 is 0 Å². The molecule has 2 aromatic rings. The number of rotatable bonds is 1. The van der Waals surface area contributed by atoms with Crippen molar-refractivity contribution >= 4 is 30.6 Å². The molecule has 78 valence electrons. The fourth-order valence-electron chi connectivity index (χ4n) is 1.24. The first-order valence-corrected chi connectivity index (χ1v) is 6.28. The van der Waals surface area contributed by atoms with Crippen LogP contribution >= 0.6 is 10.7 Å². The first-order chi connectivity index (χ1) is 6.98. The summed E-state index contributed by atoms with van der Waals surface area (Å²) in [5.41, 5.74) is 0.126. The molecule has 15 heavy (non-hydrogen) atoms. The third-order valence-corrected chi connectivity index (χ3v) is 3.24. The summed E-state index contributed by atoms with van der Waals surface area (Å²) in [4.78, 5) is 3.57. The quantitative estimate of drug-likeness (QED) is 0.725. The molecule has 1 aromatic heterocycles. The van der Waals surface area contributed by atoms with E-state index in [0.717, 1.165) is 6.20 Å². The van der Waals surface area contributed by atoms with E-state index in [9.17, 15) is 12.8 Å². The molecule has 6 heteroatoms. The number of para-hydroxylation sites is 1. The maximum Gasteiger partial charge on any atom is 0.262 e. The number of aromatic nitrogens is 1. The molecule has 3 nitrogen and oxygen atoms in total. The molecule has 0 amide bonds. The van der Waals surface area contributed by atoms with Gasteiger partial charge in [-0.05, 0) is 12.1 Å². The van der Waals surface area contributed by atoms with Crippen LogP contribution in [0, 0.1) is 5.82 Å². The van der Waals surface area contributed by atoms with Gasteiger partial charge in [0.2, 0.25) is 0 Å². The number of halogens is 2. The summed E-state index contributed by atoms with van der Waals surface area (Å²) in [6, 6.07) is 5.58. The van der Waals surface area contributed by atoms with Gasteiger partial charge in [-0.15, -0.1) is 0 Å². The van der Waals surface area contributed by atoms with Crippen LogP contribution in [0.4, 0.5) is 4.39 Å². The number of benzene rings is 1. The van der Waals surface area contributed by atoms with Gasteiger partial charge in [-0.2, -0.15) is 0 Å². The summed E-state index contributed by atoms with van der Waals surface area (Å²) in [5.74, 6) is -0.494. The summed E-state index contributed by atoms with van der Waals surface area (Å²) < 4.78 is 35.2. The molecule has 0 spiro atoms. The maximum absolute atomic E-state index is 13.2. The van der Waals surface area contributed by atoms with E-state index >= 15 is 0 Å². The molecule has 1 aromatic carbocycles. The van der Waals surface area contributed by atoms with E-state index in [1.54, 1.807) is 6.07 Å². The highest BCUT2D eigenvalue weighted by molar-refractivity contribution is 8.13. The normalized spacial score (nSPS) is 11.9. The summed E-state index contributed by atoms with van der Waals surface area (Å²) in [7, 11) is 1.32. The van der Waals surface area contributed by atoms with Crippen molar-refractivity contribution in [2.75, 3.05) is 0 Å². The zero-order valence-corrected chi connectivity index (χ0v) is 8.89. The van der Waals surface area contributed by atoms with Gasteiger partial charge in [0, 0.05) is 22.3 Å². The molecular formula is C9H5ClFNO2S. The molecule has 0 aliphatic carbocycles. The summed E-state index contributed by atoms with van der Waals surface area (Å²) >= 11 is 0. The fraction of sp³-hybridized carbons (Fsp3) is 0. The highest BCUT2D eigenvalue weighted by Crippen LogP contribution is 2.20. The Bertz CT molecular complexity index is 627. The van der Waals surface area contributed by atoms with E-state index < -0.39 is 14.9 Å². The van der Waals surface area contributed by atoms with Crippen LogP contribution in [0.3, 0.4) is 0 Å². The summed E-state index contributed by atoms with van der Waals surface area (Å²) in [6.07, 6.45) is 1.04. The van der Waals surface area contributed by atoms with Crippen LogP contribution in [0.15, 0.2) is 35.4 Å². The number of pyridine rings is 1. The van der Waals surface area contributed by atoms with E-state index in [1.807, 2.05) is 0 Å². The second-order valence-corrected chi connectivity index (χ2v) is 5.49. The zero-order chi connectivity index (χ0) is 11.1. The van der Waals surface area contributed by atoms with Gasteiger partial charge in [-0.3, -0.25) is 4.98 Å². The Kier molecular flexibility index (Phi) is 2.36. The molecular weight excluding hydrogens is 241 g/mol. The lowest BCUT2D eigenvalue weighted by Crippen LogP contribution is -1.93.